The summed E-state index contributed by atoms with van der Waals surface area (Å²) in [6.07, 6.45) is 0.847. The zero-order valence-corrected chi connectivity index (χ0v) is 10.6. The lowest BCUT2D eigenvalue weighted by molar-refractivity contribution is 0.0926. The van der Waals surface area contributed by atoms with Crippen molar-refractivity contribution in [2.24, 2.45) is 0 Å². The van der Waals surface area contributed by atoms with Crippen LogP contribution in [0.15, 0.2) is 48.5 Å². The van der Waals surface area contributed by atoms with E-state index in [1.807, 2.05) is 37.3 Å². The molecule has 0 radical (unpaired) electrons. The molecule has 0 spiro atoms. The fraction of sp³-hybridized carbons (Fsp3) is 0.125. The molecule has 1 aliphatic heterocycles. The van der Waals surface area contributed by atoms with Gasteiger partial charge in [0.15, 0.2) is 0 Å². The zero-order chi connectivity index (χ0) is 13.4. The van der Waals surface area contributed by atoms with Crippen LogP contribution in [-0.2, 0) is 6.42 Å². The predicted octanol–water partition coefficient (Wildman–Crippen LogP) is 3.05. The molecule has 0 atom stereocenters. The maximum absolute atomic E-state index is 12.4. The molecule has 3 heteroatoms. The molecule has 0 aliphatic carbocycles. The van der Waals surface area contributed by atoms with Crippen molar-refractivity contribution in [2.45, 2.75) is 13.3 Å². The Labute approximate surface area is 111 Å². The van der Waals surface area contributed by atoms with Gasteiger partial charge in [-0.3, -0.25) is 9.59 Å². The van der Waals surface area contributed by atoms with E-state index in [0.717, 1.165) is 12.0 Å². The number of anilines is 1. The van der Waals surface area contributed by atoms with E-state index in [0.29, 0.717) is 16.8 Å². The van der Waals surface area contributed by atoms with Gasteiger partial charge in [0.05, 0.1) is 16.8 Å². The molecule has 3 nitrogen and oxygen atoms in total. The average Bonchev–Trinajstić information content (AvgIpc) is 2.71. The number of amides is 2. The molecule has 0 N–H and O–H groups in total. The summed E-state index contributed by atoms with van der Waals surface area (Å²) < 4.78 is 0. The SMILES string of the molecule is CCc1ccc2c(c1)C(=O)N(c1ccccc1)C2=O. The molecule has 0 saturated heterocycles. The van der Waals surface area contributed by atoms with Crippen LogP contribution in [0, 0.1) is 0 Å². The van der Waals surface area contributed by atoms with Crippen molar-refractivity contribution in [2.75, 3.05) is 4.90 Å². The molecule has 0 saturated carbocycles. The molecule has 2 aromatic rings. The molecule has 19 heavy (non-hydrogen) atoms. The van der Waals surface area contributed by atoms with Gasteiger partial charge in [-0.05, 0) is 36.2 Å². The Balaban J connectivity index is 2.10. The zero-order valence-electron chi connectivity index (χ0n) is 10.6. The van der Waals surface area contributed by atoms with Crippen molar-refractivity contribution in [1.82, 2.24) is 0 Å². The summed E-state index contributed by atoms with van der Waals surface area (Å²) in [7, 11) is 0. The van der Waals surface area contributed by atoms with Gasteiger partial charge in [0.1, 0.15) is 0 Å². The molecule has 2 aromatic carbocycles. The fourth-order valence-corrected chi connectivity index (χ4v) is 2.32. The van der Waals surface area contributed by atoms with Crippen LogP contribution in [0.1, 0.15) is 33.2 Å². The van der Waals surface area contributed by atoms with Crippen molar-refractivity contribution in [3.8, 4) is 0 Å². The quantitative estimate of drug-likeness (QED) is 0.769. The topological polar surface area (TPSA) is 37.4 Å². The summed E-state index contributed by atoms with van der Waals surface area (Å²) in [5.74, 6) is -0.477. The van der Waals surface area contributed by atoms with Crippen LogP contribution in [0.3, 0.4) is 0 Å². The standard InChI is InChI=1S/C16H13NO2/c1-2-11-8-9-13-14(10-11)16(19)17(15(13)18)12-6-4-3-5-7-12/h3-10H,2H2,1H3. The van der Waals surface area contributed by atoms with Crippen molar-refractivity contribution in [3.05, 3.63) is 65.2 Å². The van der Waals surface area contributed by atoms with E-state index in [1.54, 1.807) is 18.2 Å². The number of imide groups is 1. The smallest absolute Gasteiger partial charge is 0.266 e. The van der Waals surface area contributed by atoms with Gasteiger partial charge in [0.2, 0.25) is 0 Å². The van der Waals surface area contributed by atoms with Crippen LogP contribution < -0.4 is 4.90 Å². The van der Waals surface area contributed by atoms with Gasteiger partial charge >= 0.3 is 0 Å². The van der Waals surface area contributed by atoms with Gasteiger partial charge in [0, 0.05) is 0 Å². The largest absolute Gasteiger partial charge is 0.268 e. The first-order valence-electron chi connectivity index (χ1n) is 6.29. The molecule has 0 fully saturated rings. The Morgan fingerprint density at radius 3 is 2.26 bits per heavy atom. The highest BCUT2D eigenvalue weighted by atomic mass is 16.2. The second-order valence-corrected chi connectivity index (χ2v) is 4.51. The Morgan fingerprint density at radius 1 is 0.895 bits per heavy atom. The predicted molar refractivity (Wildman–Crippen MR) is 73.4 cm³/mol. The minimum Gasteiger partial charge on any atom is -0.268 e. The number of carbonyl (C=O) groups excluding carboxylic acids is 2. The number of aryl methyl sites for hydroxylation is 1. The van der Waals surface area contributed by atoms with Gasteiger partial charge in [-0.1, -0.05) is 31.2 Å². The van der Waals surface area contributed by atoms with Gasteiger partial charge in [0.25, 0.3) is 11.8 Å². The summed E-state index contributed by atoms with van der Waals surface area (Å²) in [6.45, 7) is 2.03. The minimum absolute atomic E-state index is 0.235. The minimum atomic E-state index is -0.242. The lowest BCUT2D eigenvalue weighted by atomic mass is 10.0. The maximum atomic E-state index is 12.4. The molecule has 0 bridgehead atoms. The van der Waals surface area contributed by atoms with Gasteiger partial charge < -0.3 is 0 Å². The molecular formula is C16H13NO2. The first-order valence-corrected chi connectivity index (χ1v) is 6.29. The van der Waals surface area contributed by atoms with E-state index < -0.39 is 0 Å². The number of nitrogens with zero attached hydrogens (tertiary/aromatic N) is 1. The average molecular weight is 251 g/mol. The van der Waals surface area contributed by atoms with Gasteiger partial charge in [-0.2, -0.15) is 0 Å². The third-order valence-corrected chi connectivity index (χ3v) is 3.37. The molecule has 0 unspecified atom stereocenters. The molecule has 2 amide bonds. The lowest BCUT2D eigenvalue weighted by Crippen LogP contribution is -2.29. The second kappa shape index (κ2) is 4.35. The van der Waals surface area contributed by atoms with Crippen LogP contribution in [0.5, 0.6) is 0 Å². The summed E-state index contributed by atoms with van der Waals surface area (Å²) in [5.41, 5.74) is 2.68. The van der Waals surface area contributed by atoms with Crippen molar-refractivity contribution >= 4 is 17.5 Å². The van der Waals surface area contributed by atoms with Crippen molar-refractivity contribution < 1.29 is 9.59 Å². The second-order valence-electron chi connectivity index (χ2n) is 4.51. The molecule has 3 rings (SSSR count). The van der Waals surface area contributed by atoms with Gasteiger partial charge in [-0.25, -0.2) is 4.90 Å². The molecule has 0 aromatic heterocycles. The fourth-order valence-electron chi connectivity index (χ4n) is 2.32. The summed E-state index contributed by atoms with van der Waals surface area (Å²) in [4.78, 5) is 25.9. The number of benzene rings is 2. The number of hydrogen-bond donors (Lipinski definition) is 0. The van der Waals surface area contributed by atoms with Crippen LogP contribution >= 0.6 is 0 Å². The highest BCUT2D eigenvalue weighted by Crippen LogP contribution is 2.28. The van der Waals surface area contributed by atoms with E-state index in [-0.39, 0.29) is 11.8 Å². The number of para-hydroxylation sites is 1. The van der Waals surface area contributed by atoms with Crippen molar-refractivity contribution in [3.63, 3.8) is 0 Å². The van der Waals surface area contributed by atoms with Crippen LogP contribution in [0.25, 0.3) is 0 Å². The molecular weight excluding hydrogens is 238 g/mol. The van der Waals surface area contributed by atoms with Crippen LogP contribution in [0.4, 0.5) is 5.69 Å². The van der Waals surface area contributed by atoms with Crippen molar-refractivity contribution in [1.29, 1.82) is 0 Å². The number of carbonyl (C=O) groups is 2. The Morgan fingerprint density at radius 2 is 1.58 bits per heavy atom. The van der Waals surface area contributed by atoms with E-state index in [9.17, 15) is 9.59 Å². The van der Waals surface area contributed by atoms with E-state index in [4.69, 9.17) is 0 Å². The molecule has 94 valence electrons. The summed E-state index contributed by atoms with van der Waals surface area (Å²) >= 11 is 0. The monoisotopic (exact) mass is 251 g/mol. The van der Waals surface area contributed by atoms with Crippen LogP contribution in [0.2, 0.25) is 0 Å². The summed E-state index contributed by atoms with van der Waals surface area (Å²) in [5, 5.41) is 0. The number of hydrogen-bond acceptors (Lipinski definition) is 2. The maximum Gasteiger partial charge on any atom is 0.266 e. The summed E-state index contributed by atoms with van der Waals surface area (Å²) in [6, 6.07) is 14.5. The molecule has 1 aliphatic rings. The third-order valence-electron chi connectivity index (χ3n) is 3.37. The number of rotatable bonds is 2. The highest BCUT2D eigenvalue weighted by molar-refractivity contribution is 6.34. The Bertz CT molecular complexity index is 662. The number of fused-ring (bicyclic) bond motifs is 1. The first kappa shape index (κ1) is 11.7. The lowest BCUT2D eigenvalue weighted by Gasteiger charge is -2.13. The molecule has 1 heterocycles. The Kier molecular flexibility index (Phi) is 2.67. The first-order chi connectivity index (χ1) is 9.22. The normalized spacial score (nSPS) is 13.8. The van der Waals surface area contributed by atoms with E-state index in [2.05, 4.69) is 0 Å². The van der Waals surface area contributed by atoms with Crippen LogP contribution in [-0.4, -0.2) is 11.8 Å². The van der Waals surface area contributed by atoms with E-state index in [1.165, 1.54) is 4.90 Å². The highest BCUT2D eigenvalue weighted by Gasteiger charge is 2.36. The Hall–Kier alpha value is -2.42. The third kappa shape index (κ3) is 1.74. The van der Waals surface area contributed by atoms with Gasteiger partial charge in [-0.15, -0.1) is 0 Å². The van der Waals surface area contributed by atoms with E-state index >= 15 is 0 Å².